The molecule has 0 aliphatic rings. The minimum Gasteiger partial charge on any atom is -0.355 e. The number of unbranched alkanes of at least 4 members (excludes halogenated alkanes) is 2. The van der Waals surface area contributed by atoms with Gasteiger partial charge in [-0.05, 0) is 13.3 Å². The Labute approximate surface area is 88.0 Å². The Morgan fingerprint density at radius 3 is 2.00 bits per heavy atom. The van der Waals surface area contributed by atoms with E-state index in [2.05, 4.69) is 6.92 Å². The molecule has 0 fully saturated rings. The highest BCUT2D eigenvalue weighted by atomic mass is 28.4. The van der Waals surface area contributed by atoms with E-state index in [1.165, 1.54) is 6.42 Å². The molecule has 0 unspecified atom stereocenters. The van der Waals surface area contributed by atoms with Crippen LogP contribution in [0.2, 0.25) is 0 Å². The lowest BCUT2D eigenvalue weighted by Crippen LogP contribution is -2.47. The third kappa shape index (κ3) is 5.07. The lowest BCUT2D eigenvalue weighted by Gasteiger charge is -2.24. The largest absolute Gasteiger partial charge is 0.679 e. The van der Waals surface area contributed by atoms with Gasteiger partial charge in [0.05, 0.1) is 0 Å². The zero-order valence-electron chi connectivity index (χ0n) is 9.67. The van der Waals surface area contributed by atoms with Gasteiger partial charge in [-0.3, -0.25) is 0 Å². The summed E-state index contributed by atoms with van der Waals surface area (Å²) in [6, 6.07) is 0. The van der Waals surface area contributed by atoms with E-state index in [0.717, 1.165) is 12.8 Å². The van der Waals surface area contributed by atoms with Crippen molar-refractivity contribution in [3.05, 3.63) is 0 Å². The van der Waals surface area contributed by atoms with Crippen LogP contribution >= 0.6 is 0 Å². The third-order valence-corrected chi connectivity index (χ3v) is 4.05. The van der Waals surface area contributed by atoms with Gasteiger partial charge in [0.25, 0.3) is 0 Å². The fourth-order valence-corrected chi connectivity index (χ4v) is 2.56. The molecule has 0 aromatic rings. The molecule has 0 saturated heterocycles. The highest BCUT2D eigenvalue weighted by molar-refractivity contribution is 6.53. The van der Waals surface area contributed by atoms with E-state index in [1.54, 1.807) is 14.2 Å². The van der Waals surface area contributed by atoms with Crippen LogP contribution in [0.4, 0.5) is 0 Å². The van der Waals surface area contributed by atoms with E-state index < -0.39 is 9.05 Å². The standard InChI is InChI=1S/C9H22O4Si/c1-5-7-8-9-13-14(10-3,11-4)12-6-2/h5-9H2,1-4H3. The quantitative estimate of drug-likeness (QED) is 0.441. The van der Waals surface area contributed by atoms with Crippen LogP contribution < -0.4 is 0 Å². The van der Waals surface area contributed by atoms with Gasteiger partial charge in [0.2, 0.25) is 0 Å². The SMILES string of the molecule is CCCCCO[Si](OC)(OC)OCC. The molecule has 0 aliphatic carbocycles. The molecule has 0 aromatic carbocycles. The molecule has 0 heterocycles. The zero-order chi connectivity index (χ0) is 10.9. The van der Waals surface area contributed by atoms with Gasteiger partial charge in [0.1, 0.15) is 0 Å². The van der Waals surface area contributed by atoms with E-state index in [9.17, 15) is 0 Å². The van der Waals surface area contributed by atoms with E-state index in [4.69, 9.17) is 17.7 Å². The fraction of sp³-hybridized carbons (Fsp3) is 1.00. The lowest BCUT2D eigenvalue weighted by molar-refractivity contribution is -0.00666. The number of hydrogen-bond donors (Lipinski definition) is 0. The highest BCUT2D eigenvalue weighted by Gasteiger charge is 2.42. The monoisotopic (exact) mass is 222 g/mol. The maximum atomic E-state index is 5.54. The molecule has 0 amide bonds. The molecule has 0 bridgehead atoms. The molecule has 0 radical (unpaired) electrons. The first-order valence-electron chi connectivity index (χ1n) is 5.12. The van der Waals surface area contributed by atoms with Crippen LogP contribution in [0.15, 0.2) is 0 Å². The molecule has 0 N–H and O–H groups in total. The first kappa shape index (κ1) is 14.1. The van der Waals surface area contributed by atoms with Crippen molar-refractivity contribution >= 4 is 9.05 Å². The topological polar surface area (TPSA) is 36.9 Å². The van der Waals surface area contributed by atoms with E-state index in [-0.39, 0.29) is 0 Å². The zero-order valence-corrected chi connectivity index (χ0v) is 10.7. The van der Waals surface area contributed by atoms with Gasteiger partial charge in [-0.2, -0.15) is 0 Å². The Kier molecular flexibility index (Phi) is 8.41. The Morgan fingerprint density at radius 1 is 0.929 bits per heavy atom. The van der Waals surface area contributed by atoms with Crippen LogP contribution in [0, 0.1) is 0 Å². The van der Waals surface area contributed by atoms with Crippen molar-refractivity contribution in [3.8, 4) is 0 Å². The van der Waals surface area contributed by atoms with E-state index in [1.807, 2.05) is 6.92 Å². The van der Waals surface area contributed by atoms with Crippen LogP contribution in [0.25, 0.3) is 0 Å². The molecular weight excluding hydrogens is 200 g/mol. The second kappa shape index (κ2) is 8.37. The van der Waals surface area contributed by atoms with Crippen molar-refractivity contribution in [1.29, 1.82) is 0 Å². The molecule has 0 aromatic heterocycles. The third-order valence-electron chi connectivity index (χ3n) is 1.85. The van der Waals surface area contributed by atoms with Gasteiger partial charge in [-0.15, -0.1) is 0 Å². The molecule has 0 aliphatic heterocycles. The minimum atomic E-state index is -2.79. The summed E-state index contributed by atoms with van der Waals surface area (Å²) in [4.78, 5) is 0. The smallest absolute Gasteiger partial charge is 0.355 e. The van der Waals surface area contributed by atoms with Crippen LogP contribution in [-0.4, -0.2) is 36.5 Å². The molecule has 14 heavy (non-hydrogen) atoms. The van der Waals surface area contributed by atoms with Crippen molar-refractivity contribution < 1.29 is 17.7 Å². The predicted molar refractivity (Wildman–Crippen MR) is 56.9 cm³/mol. The summed E-state index contributed by atoms with van der Waals surface area (Å²) in [6.07, 6.45) is 3.35. The summed E-state index contributed by atoms with van der Waals surface area (Å²) in [5, 5.41) is 0. The average Bonchev–Trinajstić information content (AvgIpc) is 2.23. The summed E-state index contributed by atoms with van der Waals surface area (Å²) < 4.78 is 21.3. The van der Waals surface area contributed by atoms with Gasteiger partial charge >= 0.3 is 9.05 Å². The van der Waals surface area contributed by atoms with Crippen molar-refractivity contribution in [2.45, 2.75) is 33.1 Å². The van der Waals surface area contributed by atoms with Gasteiger partial charge in [-0.1, -0.05) is 19.8 Å². The second-order valence-electron chi connectivity index (χ2n) is 2.90. The lowest BCUT2D eigenvalue weighted by atomic mass is 10.3. The molecule has 5 heteroatoms. The normalized spacial score (nSPS) is 12.0. The first-order valence-corrected chi connectivity index (χ1v) is 6.76. The van der Waals surface area contributed by atoms with Gasteiger partial charge in [-0.25, -0.2) is 0 Å². The van der Waals surface area contributed by atoms with Crippen molar-refractivity contribution in [2.75, 3.05) is 27.4 Å². The van der Waals surface area contributed by atoms with Gasteiger partial charge < -0.3 is 17.7 Å². The minimum absolute atomic E-state index is 0.543. The van der Waals surface area contributed by atoms with Crippen LogP contribution in [0.3, 0.4) is 0 Å². The van der Waals surface area contributed by atoms with Crippen molar-refractivity contribution in [2.24, 2.45) is 0 Å². The maximum Gasteiger partial charge on any atom is 0.679 e. The average molecular weight is 222 g/mol. The number of hydrogen-bond acceptors (Lipinski definition) is 4. The summed E-state index contributed by atoms with van der Waals surface area (Å²) in [5.41, 5.74) is 0. The second-order valence-corrected chi connectivity index (χ2v) is 5.29. The van der Waals surface area contributed by atoms with Crippen LogP contribution in [0.5, 0.6) is 0 Å². The summed E-state index contributed by atoms with van der Waals surface area (Å²) in [5.74, 6) is 0. The fourth-order valence-electron chi connectivity index (χ4n) is 1.09. The first-order chi connectivity index (χ1) is 6.74. The number of rotatable bonds is 9. The Morgan fingerprint density at radius 2 is 1.57 bits per heavy atom. The van der Waals surface area contributed by atoms with Crippen molar-refractivity contribution in [3.63, 3.8) is 0 Å². The van der Waals surface area contributed by atoms with E-state index in [0.29, 0.717) is 13.2 Å². The van der Waals surface area contributed by atoms with Crippen LogP contribution in [-0.2, 0) is 17.7 Å². The Balaban J connectivity index is 3.82. The molecule has 4 nitrogen and oxygen atoms in total. The molecule has 0 atom stereocenters. The Bertz CT molecular complexity index is 128. The Hall–Kier alpha value is 0.0569. The highest BCUT2D eigenvalue weighted by Crippen LogP contribution is 2.10. The van der Waals surface area contributed by atoms with Crippen molar-refractivity contribution in [1.82, 2.24) is 0 Å². The summed E-state index contributed by atoms with van der Waals surface area (Å²) in [7, 11) is 0.328. The molecule has 86 valence electrons. The molecule has 0 rings (SSSR count). The molecule has 0 spiro atoms. The van der Waals surface area contributed by atoms with E-state index >= 15 is 0 Å². The van der Waals surface area contributed by atoms with Crippen LogP contribution in [0.1, 0.15) is 33.1 Å². The maximum absolute atomic E-state index is 5.54. The molecule has 0 saturated carbocycles. The predicted octanol–water partition coefficient (Wildman–Crippen LogP) is 1.96. The summed E-state index contributed by atoms with van der Waals surface area (Å²) >= 11 is 0. The van der Waals surface area contributed by atoms with Gasteiger partial charge in [0.15, 0.2) is 0 Å². The van der Waals surface area contributed by atoms with Gasteiger partial charge in [0, 0.05) is 27.4 Å². The summed E-state index contributed by atoms with van der Waals surface area (Å²) in [6.45, 7) is 5.23. The molecular formula is C9H22O4Si.